The molecule has 2 aromatic rings. The summed E-state index contributed by atoms with van der Waals surface area (Å²) < 4.78 is 4.56. The van der Waals surface area contributed by atoms with Gasteiger partial charge in [0.05, 0.1) is 0 Å². The monoisotopic (exact) mass is 190 g/mol. The Morgan fingerprint density at radius 3 is 3.00 bits per heavy atom. The van der Waals surface area contributed by atoms with Gasteiger partial charge in [0.2, 0.25) is 0 Å². The van der Waals surface area contributed by atoms with Crippen molar-refractivity contribution in [1.29, 1.82) is 0 Å². The van der Waals surface area contributed by atoms with Crippen LogP contribution >= 0.6 is 0 Å². The van der Waals surface area contributed by atoms with Gasteiger partial charge in [-0.05, 0) is 23.7 Å². The molecule has 2 heterocycles. The van der Waals surface area contributed by atoms with E-state index in [2.05, 4.69) is 25.2 Å². The lowest BCUT2D eigenvalue weighted by Crippen LogP contribution is -2.00. The second-order valence-corrected chi connectivity index (χ2v) is 2.91. The van der Waals surface area contributed by atoms with Crippen LogP contribution < -0.4 is 5.32 Å². The minimum absolute atomic E-state index is 0.670. The molecule has 0 aromatic carbocycles. The highest BCUT2D eigenvalue weighted by molar-refractivity contribution is 5.37. The van der Waals surface area contributed by atoms with Crippen molar-refractivity contribution in [2.75, 3.05) is 5.32 Å². The van der Waals surface area contributed by atoms with Gasteiger partial charge in [-0.25, -0.2) is 4.63 Å². The molecule has 14 heavy (non-hydrogen) atoms. The number of nitrogens with zero attached hydrogens (tertiary/aromatic N) is 3. The molecule has 0 aliphatic heterocycles. The first-order valence-electron chi connectivity index (χ1n) is 4.28. The van der Waals surface area contributed by atoms with E-state index in [1.54, 1.807) is 12.4 Å². The van der Waals surface area contributed by atoms with Gasteiger partial charge in [-0.1, -0.05) is 11.2 Å². The zero-order valence-electron chi connectivity index (χ0n) is 7.77. The van der Waals surface area contributed by atoms with Crippen LogP contribution in [-0.4, -0.2) is 15.3 Å². The van der Waals surface area contributed by atoms with E-state index in [9.17, 15) is 0 Å². The predicted octanol–water partition coefficient (Wildman–Crippen LogP) is 1.39. The molecule has 0 saturated carbocycles. The number of pyridine rings is 1. The molecule has 0 spiro atoms. The normalized spacial score (nSPS) is 10.1. The standard InChI is InChI=1S/C9H10N4O/c1-7-9(13-14-12-7)11-6-8-3-2-4-10-5-8/h2-5H,6H2,1H3,(H,11,13). The summed E-state index contributed by atoms with van der Waals surface area (Å²) in [6.07, 6.45) is 3.54. The molecule has 5 heteroatoms. The van der Waals surface area contributed by atoms with Crippen LogP contribution in [0.25, 0.3) is 0 Å². The number of rotatable bonds is 3. The third-order valence-corrected chi connectivity index (χ3v) is 1.84. The van der Waals surface area contributed by atoms with E-state index in [1.807, 2.05) is 19.1 Å². The molecule has 0 aliphatic carbocycles. The van der Waals surface area contributed by atoms with Crippen molar-refractivity contribution in [2.45, 2.75) is 13.5 Å². The molecule has 2 aromatic heterocycles. The number of nitrogens with one attached hydrogen (secondary N) is 1. The highest BCUT2D eigenvalue weighted by Crippen LogP contribution is 2.08. The van der Waals surface area contributed by atoms with E-state index in [0.717, 1.165) is 11.3 Å². The summed E-state index contributed by atoms with van der Waals surface area (Å²) in [4.78, 5) is 4.01. The summed E-state index contributed by atoms with van der Waals surface area (Å²) in [6.45, 7) is 2.50. The van der Waals surface area contributed by atoms with Crippen molar-refractivity contribution in [3.05, 3.63) is 35.8 Å². The lowest BCUT2D eigenvalue weighted by molar-refractivity contribution is 0.306. The van der Waals surface area contributed by atoms with Crippen LogP contribution in [0.1, 0.15) is 11.3 Å². The lowest BCUT2D eigenvalue weighted by atomic mass is 10.3. The molecular weight excluding hydrogens is 180 g/mol. The molecule has 0 atom stereocenters. The van der Waals surface area contributed by atoms with E-state index < -0.39 is 0 Å². The van der Waals surface area contributed by atoms with Crippen molar-refractivity contribution in [3.8, 4) is 0 Å². The quantitative estimate of drug-likeness (QED) is 0.792. The van der Waals surface area contributed by atoms with Crippen molar-refractivity contribution < 1.29 is 4.63 Å². The molecule has 0 unspecified atom stereocenters. The Bertz CT molecular complexity index is 398. The topological polar surface area (TPSA) is 63.8 Å². The molecule has 72 valence electrons. The number of aryl methyl sites for hydroxylation is 1. The number of hydrogen-bond donors (Lipinski definition) is 1. The summed E-state index contributed by atoms with van der Waals surface area (Å²) >= 11 is 0. The smallest absolute Gasteiger partial charge is 0.194 e. The first-order chi connectivity index (χ1) is 6.86. The number of aromatic nitrogens is 3. The van der Waals surface area contributed by atoms with Gasteiger partial charge in [-0.3, -0.25) is 4.98 Å². The Morgan fingerprint density at radius 1 is 1.43 bits per heavy atom. The lowest BCUT2D eigenvalue weighted by Gasteiger charge is -2.01. The summed E-state index contributed by atoms with van der Waals surface area (Å²) in [7, 11) is 0. The minimum Gasteiger partial charge on any atom is -0.362 e. The van der Waals surface area contributed by atoms with Gasteiger partial charge in [0.1, 0.15) is 5.69 Å². The van der Waals surface area contributed by atoms with Gasteiger partial charge in [-0.15, -0.1) is 0 Å². The van der Waals surface area contributed by atoms with Gasteiger partial charge < -0.3 is 5.32 Å². The van der Waals surface area contributed by atoms with Crippen molar-refractivity contribution >= 4 is 5.82 Å². The van der Waals surface area contributed by atoms with E-state index in [4.69, 9.17) is 0 Å². The fourth-order valence-corrected chi connectivity index (χ4v) is 1.08. The maximum absolute atomic E-state index is 4.56. The maximum atomic E-state index is 4.56. The average molecular weight is 190 g/mol. The van der Waals surface area contributed by atoms with E-state index in [-0.39, 0.29) is 0 Å². The molecule has 0 fully saturated rings. The summed E-state index contributed by atoms with van der Waals surface area (Å²) in [6, 6.07) is 3.88. The van der Waals surface area contributed by atoms with Gasteiger partial charge in [0.25, 0.3) is 0 Å². The Balaban J connectivity index is 1.99. The maximum Gasteiger partial charge on any atom is 0.194 e. The van der Waals surface area contributed by atoms with Crippen LogP contribution in [0.2, 0.25) is 0 Å². The second-order valence-electron chi connectivity index (χ2n) is 2.91. The summed E-state index contributed by atoms with van der Waals surface area (Å²) in [5, 5.41) is 10.5. The first kappa shape index (κ1) is 8.68. The van der Waals surface area contributed by atoms with Gasteiger partial charge in [-0.2, -0.15) is 0 Å². The Hall–Kier alpha value is -1.91. The van der Waals surface area contributed by atoms with Crippen LogP contribution in [0.3, 0.4) is 0 Å². The fourth-order valence-electron chi connectivity index (χ4n) is 1.08. The van der Waals surface area contributed by atoms with E-state index >= 15 is 0 Å². The molecule has 0 aliphatic rings. The third-order valence-electron chi connectivity index (χ3n) is 1.84. The molecule has 1 N–H and O–H groups in total. The minimum atomic E-state index is 0.670. The molecule has 2 rings (SSSR count). The van der Waals surface area contributed by atoms with E-state index in [0.29, 0.717) is 12.4 Å². The molecule has 0 bridgehead atoms. The molecule has 0 saturated heterocycles. The Morgan fingerprint density at radius 2 is 2.36 bits per heavy atom. The molecule has 0 radical (unpaired) electrons. The number of anilines is 1. The van der Waals surface area contributed by atoms with Crippen molar-refractivity contribution in [3.63, 3.8) is 0 Å². The Kier molecular flexibility index (Phi) is 2.40. The predicted molar refractivity (Wildman–Crippen MR) is 50.6 cm³/mol. The van der Waals surface area contributed by atoms with Gasteiger partial charge in [0, 0.05) is 18.9 Å². The molecule has 0 amide bonds. The highest BCUT2D eigenvalue weighted by atomic mass is 16.6. The molecule has 5 nitrogen and oxygen atoms in total. The summed E-state index contributed by atoms with van der Waals surface area (Å²) in [5.74, 6) is 0.675. The number of hydrogen-bond acceptors (Lipinski definition) is 5. The van der Waals surface area contributed by atoms with Gasteiger partial charge >= 0.3 is 0 Å². The Labute approximate surface area is 81.1 Å². The first-order valence-corrected chi connectivity index (χ1v) is 4.28. The SMILES string of the molecule is Cc1nonc1NCc1cccnc1. The average Bonchev–Trinajstić information content (AvgIpc) is 2.63. The van der Waals surface area contributed by atoms with Crippen LogP contribution in [0, 0.1) is 6.92 Å². The fraction of sp³-hybridized carbons (Fsp3) is 0.222. The highest BCUT2D eigenvalue weighted by Gasteiger charge is 2.03. The largest absolute Gasteiger partial charge is 0.362 e. The van der Waals surface area contributed by atoms with E-state index in [1.165, 1.54) is 0 Å². The zero-order valence-corrected chi connectivity index (χ0v) is 7.77. The van der Waals surface area contributed by atoms with Crippen LogP contribution in [-0.2, 0) is 6.54 Å². The molecular formula is C9H10N4O. The second kappa shape index (κ2) is 3.87. The van der Waals surface area contributed by atoms with Gasteiger partial charge in [0.15, 0.2) is 5.82 Å². The van der Waals surface area contributed by atoms with Crippen molar-refractivity contribution in [1.82, 2.24) is 15.3 Å². The third kappa shape index (κ3) is 1.87. The summed E-state index contributed by atoms with van der Waals surface area (Å²) in [5.41, 5.74) is 1.85. The van der Waals surface area contributed by atoms with Crippen LogP contribution in [0.4, 0.5) is 5.82 Å². The van der Waals surface area contributed by atoms with Crippen LogP contribution in [0.15, 0.2) is 29.2 Å². The zero-order chi connectivity index (χ0) is 9.80. The van der Waals surface area contributed by atoms with Crippen LogP contribution in [0.5, 0.6) is 0 Å². The van der Waals surface area contributed by atoms with Crippen molar-refractivity contribution in [2.24, 2.45) is 0 Å².